The average molecular weight is 465 g/mol. The van der Waals surface area contributed by atoms with Crippen LogP contribution in [-0.2, 0) is 11.3 Å². The molecule has 0 aliphatic carbocycles. The van der Waals surface area contributed by atoms with Crippen molar-refractivity contribution in [1.82, 2.24) is 19.8 Å². The number of carbonyl (C=O) groups is 2. The number of hydrogen-bond donors (Lipinski definition) is 1. The molecule has 0 unspecified atom stereocenters. The third kappa shape index (κ3) is 6.29. The van der Waals surface area contributed by atoms with Crippen LogP contribution in [0, 0.1) is 25.2 Å². The summed E-state index contributed by atoms with van der Waals surface area (Å²) < 4.78 is 5.53. The summed E-state index contributed by atoms with van der Waals surface area (Å²) in [5.74, 6) is 0.256. The van der Waals surface area contributed by atoms with Crippen LogP contribution in [-0.4, -0.2) is 63.0 Å². The highest BCUT2D eigenvalue weighted by molar-refractivity contribution is 6.04. The Labute approximate surface area is 200 Å². The molecule has 1 atom stereocenters. The number of amides is 2. The second-order valence-corrected chi connectivity index (χ2v) is 9.65. The summed E-state index contributed by atoms with van der Waals surface area (Å²) in [4.78, 5) is 37.3. The van der Waals surface area contributed by atoms with Gasteiger partial charge in [0.15, 0.2) is 0 Å². The summed E-state index contributed by atoms with van der Waals surface area (Å²) in [7, 11) is 0. The number of benzene rings is 1. The second kappa shape index (κ2) is 10.2. The van der Waals surface area contributed by atoms with Crippen molar-refractivity contribution >= 4 is 17.7 Å². The topological polar surface area (TPSA) is 111 Å². The molecule has 1 aliphatic rings. The number of rotatable bonds is 4. The Bertz CT molecular complexity index is 1100. The van der Waals surface area contributed by atoms with Gasteiger partial charge in [-0.2, -0.15) is 5.26 Å². The predicted octanol–water partition coefficient (Wildman–Crippen LogP) is 3.66. The highest BCUT2D eigenvalue weighted by atomic mass is 16.6. The molecule has 0 bridgehead atoms. The standard InChI is InChI=1S/C25H32N6O3/c1-16-14-30(7-8-31(16)24(33)34-25(4,5)6)15-20-9-19(11-26)10-22(17(20)2)29-23(32)21-12-27-18(3)28-13-21/h9-10,12-13,16H,7-8,14-15H2,1-6H3,(H,29,32)/t16-/m0/s1. The van der Waals surface area contributed by atoms with E-state index in [1.54, 1.807) is 17.9 Å². The Kier molecular flexibility index (Phi) is 7.52. The lowest BCUT2D eigenvalue weighted by atomic mass is 10.0. The van der Waals surface area contributed by atoms with E-state index in [4.69, 9.17) is 4.74 Å². The van der Waals surface area contributed by atoms with Gasteiger partial charge < -0.3 is 15.0 Å². The lowest BCUT2D eigenvalue weighted by Gasteiger charge is -2.40. The smallest absolute Gasteiger partial charge is 0.410 e. The number of aryl methyl sites for hydroxylation is 1. The van der Waals surface area contributed by atoms with Crippen molar-refractivity contribution in [3.63, 3.8) is 0 Å². The summed E-state index contributed by atoms with van der Waals surface area (Å²) >= 11 is 0. The quantitative estimate of drug-likeness (QED) is 0.735. The normalized spacial score (nSPS) is 16.6. The zero-order chi connectivity index (χ0) is 25.0. The Morgan fingerprint density at radius 3 is 2.47 bits per heavy atom. The van der Waals surface area contributed by atoms with Crippen LogP contribution in [0.25, 0.3) is 0 Å². The van der Waals surface area contributed by atoms with Gasteiger partial charge in [0, 0.05) is 50.3 Å². The SMILES string of the molecule is Cc1ncc(C(=O)Nc2cc(C#N)cc(CN3CCN(C(=O)OC(C)(C)C)[C@@H](C)C3)c2C)cn1. The molecule has 0 spiro atoms. The van der Waals surface area contributed by atoms with E-state index in [9.17, 15) is 14.9 Å². The van der Waals surface area contributed by atoms with Crippen molar-refractivity contribution < 1.29 is 14.3 Å². The average Bonchev–Trinajstić information content (AvgIpc) is 2.75. The molecule has 9 nitrogen and oxygen atoms in total. The van der Waals surface area contributed by atoms with E-state index in [-0.39, 0.29) is 18.0 Å². The zero-order valence-corrected chi connectivity index (χ0v) is 20.7. The molecule has 0 radical (unpaired) electrons. The van der Waals surface area contributed by atoms with Crippen LogP contribution in [0.5, 0.6) is 0 Å². The van der Waals surface area contributed by atoms with E-state index in [0.717, 1.165) is 11.1 Å². The lowest BCUT2D eigenvalue weighted by molar-refractivity contribution is 0.000534. The van der Waals surface area contributed by atoms with Crippen LogP contribution in [0.2, 0.25) is 0 Å². The van der Waals surface area contributed by atoms with Gasteiger partial charge in [-0.3, -0.25) is 9.69 Å². The van der Waals surface area contributed by atoms with Gasteiger partial charge in [0.1, 0.15) is 11.4 Å². The van der Waals surface area contributed by atoms with Gasteiger partial charge in [-0.25, -0.2) is 14.8 Å². The number of nitriles is 1. The summed E-state index contributed by atoms with van der Waals surface area (Å²) in [6.07, 6.45) is 2.66. The van der Waals surface area contributed by atoms with Crippen LogP contribution in [0.15, 0.2) is 24.5 Å². The highest BCUT2D eigenvalue weighted by Gasteiger charge is 2.31. The fraction of sp³-hybridized carbons (Fsp3) is 0.480. The van der Waals surface area contributed by atoms with Crippen LogP contribution in [0.3, 0.4) is 0 Å². The van der Waals surface area contributed by atoms with Gasteiger partial charge in [-0.1, -0.05) is 0 Å². The molecule has 3 rings (SSSR count). The molecule has 34 heavy (non-hydrogen) atoms. The Morgan fingerprint density at radius 2 is 1.88 bits per heavy atom. The van der Waals surface area contributed by atoms with Gasteiger partial charge in [0.2, 0.25) is 0 Å². The largest absolute Gasteiger partial charge is 0.444 e. The van der Waals surface area contributed by atoms with Crippen molar-refractivity contribution in [2.24, 2.45) is 0 Å². The van der Waals surface area contributed by atoms with Crippen molar-refractivity contribution in [3.05, 3.63) is 52.6 Å². The highest BCUT2D eigenvalue weighted by Crippen LogP contribution is 2.25. The first-order chi connectivity index (χ1) is 16.0. The van der Waals surface area contributed by atoms with Gasteiger partial charge in [-0.05, 0) is 64.8 Å². The van der Waals surface area contributed by atoms with Crippen LogP contribution >= 0.6 is 0 Å². The van der Waals surface area contributed by atoms with Crippen LogP contribution in [0.1, 0.15) is 60.6 Å². The van der Waals surface area contributed by atoms with Crippen LogP contribution < -0.4 is 5.32 Å². The number of nitrogens with zero attached hydrogens (tertiary/aromatic N) is 5. The first-order valence-corrected chi connectivity index (χ1v) is 11.3. The first kappa shape index (κ1) is 25.1. The third-order valence-electron chi connectivity index (χ3n) is 5.67. The molecule has 2 amide bonds. The van der Waals surface area contributed by atoms with Crippen molar-refractivity contribution in [2.45, 2.75) is 59.7 Å². The molecule has 1 aromatic heterocycles. The van der Waals surface area contributed by atoms with Crippen molar-refractivity contribution in [2.75, 3.05) is 25.0 Å². The second-order valence-electron chi connectivity index (χ2n) is 9.65. The Balaban J connectivity index is 1.73. The lowest BCUT2D eigenvalue weighted by Crippen LogP contribution is -2.54. The molecular weight excluding hydrogens is 432 g/mol. The number of anilines is 1. The van der Waals surface area contributed by atoms with E-state index in [2.05, 4.69) is 26.3 Å². The number of hydrogen-bond acceptors (Lipinski definition) is 7. The number of ether oxygens (including phenoxy) is 1. The Hall–Kier alpha value is -3.51. The minimum absolute atomic E-state index is 0.0104. The fourth-order valence-corrected chi connectivity index (χ4v) is 3.85. The zero-order valence-electron chi connectivity index (χ0n) is 20.7. The summed E-state index contributed by atoms with van der Waals surface area (Å²) in [5.41, 5.74) is 2.71. The van der Waals surface area contributed by atoms with Crippen LogP contribution in [0.4, 0.5) is 10.5 Å². The minimum Gasteiger partial charge on any atom is -0.444 e. The molecule has 180 valence electrons. The van der Waals surface area contributed by atoms with Gasteiger partial charge in [0.25, 0.3) is 5.91 Å². The molecule has 2 heterocycles. The molecule has 0 saturated carbocycles. The summed E-state index contributed by atoms with van der Waals surface area (Å²) in [5, 5.41) is 12.4. The minimum atomic E-state index is -0.533. The number of piperazine rings is 1. The summed E-state index contributed by atoms with van der Waals surface area (Å²) in [6, 6.07) is 5.70. The monoisotopic (exact) mass is 464 g/mol. The van der Waals surface area contributed by atoms with Crippen molar-refractivity contribution in [3.8, 4) is 6.07 Å². The van der Waals surface area contributed by atoms with E-state index in [1.807, 2.05) is 40.7 Å². The maximum atomic E-state index is 12.7. The van der Waals surface area contributed by atoms with E-state index in [0.29, 0.717) is 48.8 Å². The predicted molar refractivity (Wildman–Crippen MR) is 128 cm³/mol. The molecule has 9 heteroatoms. The number of aromatic nitrogens is 2. The molecule has 1 aromatic carbocycles. The van der Waals surface area contributed by atoms with Gasteiger partial charge in [-0.15, -0.1) is 0 Å². The Morgan fingerprint density at radius 1 is 1.21 bits per heavy atom. The van der Waals surface area contributed by atoms with Gasteiger partial charge in [0.05, 0.1) is 17.2 Å². The number of nitrogens with one attached hydrogen (secondary N) is 1. The van der Waals surface area contributed by atoms with E-state index in [1.165, 1.54) is 12.4 Å². The van der Waals surface area contributed by atoms with Gasteiger partial charge >= 0.3 is 6.09 Å². The first-order valence-electron chi connectivity index (χ1n) is 11.3. The van der Waals surface area contributed by atoms with Crippen molar-refractivity contribution in [1.29, 1.82) is 5.26 Å². The maximum Gasteiger partial charge on any atom is 0.410 e. The fourth-order valence-electron chi connectivity index (χ4n) is 3.85. The molecular formula is C25H32N6O3. The molecule has 1 saturated heterocycles. The third-order valence-corrected chi connectivity index (χ3v) is 5.67. The molecule has 1 fully saturated rings. The molecule has 1 aliphatic heterocycles. The van der Waals surface area contributed by atoms with E-state index < -0.39 is 5.60 Å². The summed E-state index contributed by atoms with van der Waals surface area (Å²) in [6.45, 7) is 13.8. The molecule has 1 N–H and O–H groups in total. The van der Waals surface area contributed by atoms with E-state index >= 15 is 0 Å². The maximum absolute atomic E-state index is 12.7. The molecule has 2 aromatic rings. The number of carbonyl (C=O) groups excluding carboxylic acids is 2.